The normalized spacial score (nSPS) is 30.6. The van der Waals surface area contributed by atoms with Crippen molar-refractivity contribution in [1.82, 2.24) is 0 Å². The van der Waals surface area contributed by atoms with Crippen molar-refractivity contribution >= 4 is 10.8 Å². The highest BCUT2D eigenvalue weighted by atomic mass is 14.5. The summed E-state index contributed by atoms with van der Waals surface area (Å²) in [6, 6.07) is 12.1. The van der Waals surface area contributed by atoms with Crippen LogP contribution in [0.3, 0.4) is 0 Å². The molecule has 0 amide bonds. The van der Waals surface area contributed by atoms with Crippen molar-refractivity contribution in [2.24, 2.45) is 23.2 Å². The van der Waals surface area contributed by atoms with Gasteiger partial charge in [0.05, 0.1) is 0 Å². The van der Waals surface area contributed by atoms with E-state index in [0.29, 0.717) is 5.41 Å². The van der Waals surface area contributed by atoms with Crippen LogP contribution in [0.2, 0.25) is 0 Å². The molecule has 0 heteroatoms. The molecule has 0 nitrogen and oxygen atoms in total. The first kappa shape index (κ1) is 14.8. The molecule has 2 aromatic carbocycles. The van der Waals surface area contributed by atoms with E-state index >= 15 is 0 Å². The minimum atomic E-state index is 0.595. The second kappa shape index (κ2) is 5.22. The summed E-state index contributed by atoms with van der Waals surface area (Å²) in [7, 11) is 0. The van der Waals surface area contributed by atoms with Crippen molar-refractivity contribution in [3.63, 3.8) is 0 Å². The molecular weight excluding hydrogens is 288 g/mol. The third-order valence-electron chi connectivity index (χ3n) is 6.93. The van der Waals surface area contributed by atoms with Gasteiger partial charge >= 0.3 is 0 Å². The largest absolute Gasteiger partial charge is 0.0851 e. The minimum Gasteiger partial charge on any atom is -0.0851 e. The van der Waals surface area contributed by atoms with Crippen LogP contribution in [0.5, 0.6) is 0 Å². The molecule has 3 aliphatic rings. The molecule has 1 saturated carbocycles. The van der Waals surface area contributed by atoms with Gasteiger partial charge in [-0.1, -0.05) is 56.3 Å². The van der Waals surface area contributed by atoms with Crippen LogP contribution in [-0.4, -0.2) is 0 Å². The molecule has 0 aromatic heterocycles. The molecule has 0 aliphatic heterocycles. The van der Waals surface area contributed by atoms with Gasteiger partial charge in [-0.25, -0.2) is 0 Å². The average molecular weight is 316 g/mol. The summed E-state index contributed by atoms with van der Waals surface area (Å²) >= 11 is 0. The second-order valence-corrected chi connectivity index (χ2v) is 9.13. The number of benzene rings is 2. The zero-order valence-electron chi connectivity index (χ0n) is 15.0. The Kier molecular flexibility index (Phi) is 3.21. The molecule has 0 heterocycles. The van der Waals surface area contributed by atoms with Crippen LogP contribution in [0.15, 0.2) is 42.5 Å². The van der Waals surface area contributed by atoms with Crippen LogP contribution < -0.4 is 0 Å². The predicted molar refractivity (Wildman–Crippen MR) is 102 cm³/mol. The number of aryl methyl sites for hydroxylation is 1. The fourth-order valence-electron chi connectivity index (χ4n) is 5.83. The Morgan fingerprint density at radius 3 is 2.67 bits per heavy atom. The Morgan fingerprint density at radius 1 is 1.04 bits per heavy atom. The van der Waals surface area contributed by atoms with Crippen molar-refractivity contribution in [1.29, 1.82) is 0 Å². The summed E-state index contributed by atoms with van der Waals surface area (Å²) in [6.07, 6.45) is 13.1. The van der Waals surface area contributed by atoms with Crippen molar-refractivity contribution < 1.29 is 0 Å². The predicted octanol–water partition coefficient (Wildman–Crippen LogP) is 6.11. The lowest BCUT2D eigenvalue weighted by Gasteiger charge is -2.40. The third-order valence-corrected chi connectivity index (χ3v) is 6.93. The van der Waals surface area contributed by atoms with Gasteiger partial charge in [-0.3, -0.25) is 0 Å². The van der Waals surface area contributed by atoms with E-state index in [-0.39, 0.29) is 0 Å². The lowest BCUT2D eigenvalue weighted by Crippen LogP contribution is -2.32. The number of hydrogen-bond acceptors (Lipinski definition) is 0. The number of allylic oxidation sites excluding steroid dienone is 2. The van der Waals surface area contributed by atoms with Crippen LogP contribution in [-0.2, 0) is 19.3 Å². The maximum atomic E-state index is 2.54. The van der Waals surface area contributed by atoms with E-state index < -0.39 is 0 Å². The Morgan fingerprint density at radius 2 is 1.92 bits per heavy atom. The molecule has 0 N–H and O–H groups in total. The highest BCUT2D eigenvalue weighted by molar-refractivity contribution is 5.85. The first-order valence-electron chi connectivity index (χ1n) is 9.84. The summed E-state index contributed by atoms with van der Waals surface area (Å²) in [5.41, 5.74) is 5.35. The van der Waals surface area contributed by atoms with E-state index in [0.717, 1.165) is 17.8 Å². The monoisotopic (exact) mass is 316 g/mol. The summed E-state index contributed by atoms with van der Waals surface area (Å²) in [4.78, 5) is 0. The van der Waals surface area contributed by atoms with Gasteiger partial charge in [0.15, 0.2) is 0 Å². The highest BCUT2D eigenvalue weighted by Crippen LogP contribution is 2.57. The van der Waals surface area contributed by atoms with Gasteiger partial charge in [-0.2, -0.15) is 0 Å². The molecule has 3 aliphatic carbocycles. The van der Waals surface area contributed by atoms with Gasteiger partial charge in [0.2, 0.25) is 0 Å². The fourth-order valence-corrected chi connectivity index (χ4v) is 5.83. The number of hydrogen-bond donors (Lipinski definition) is 0. The van der Waals surface area contributed by atoms with E-state index in [2.05, 4.69) is 56.3 Å². The molecule has 3 unspecified atom stereocenters. The maximum absolute atomic E-state index is 2.54. The maximum Gasteiger partial charge on any atom is -0.0168 e. The molecule has 2 bridgehead atoms. The number of fused-ring (bicyclic) bond motifs is 5. The van der Waals surface area contributed by atoms with Gasteiger partial charge in [0.1, 0.15) is 0 Å². The second-order valence-electron chi connectivity index (χ2n) is 9.13. The molecule has 1 fully saturated rings. The van der Waals surface area contributed by atoms with Crippen molar-refractivity contribution in [2.75, 3.05) is 0 Å². The zero-order valence-corrected chi connectivity index (χ0v) is 15.0. The molecule has 5 rings (SSSR count). The lowest BCUT2D eigenvalue weighted by molar-refractivity contribution is 0.195. The van der Waals surface area contributed by atoms with Crippen molar-refractivity contribution in [3.8, 4) is 0 Å². The van der Waals surface area contributed by atoms with Gasteiger partial charge < -0.3 is 0 Å². The molecule has 2 aromatic rings. The molecule has 124 valence electrons. The summed E-state index contributed by atoms with van der Waals surface area (Å²) < 4.78 is 0. The first-order chi connectivity index (χ1) is 11.6. The Bertz CT molecular complexity index is 825. The van der Waals surface area contributed by atoms with E-state index in [1.165, 1.54) is 54.9 Å². The van der Waals surface area contributed by atoms with Crippen LogP contribution in [0.25, 0.3) is 10.8 Å². The van der Waals surface area contributed by atoms with Crippen molar-refractivity contribution in [2.45, 2.75) is 52.4 Å². The summed E-state index contributed by atoms with van der Waals surface area (Å²) in [5.74, 6) is 2.47. The van der Waals surface area contributed by atoms with Crippen molar-refractivity contribution in [3.05, 3.63) is 59.2 Å². The van der Waals surface area contributed by atoms with Crippen LogP contribution in [0, 0.1) is 23.2 Å². The van der Waals surface area contributed by atoms with E-state index in [1.807, 2.05) is 0 Å². The quantitative estimate of drug-likeness (QED) is 0.586. The van der Waals surface area contributed by atoms with Crippen LogP contribution in [0.4, 0.5) is 0 Å². The Hall–Kier alpha value is -1.56. The molecule has 1 spiro atoms. The molecule has 0 saturated heterocycles. The van der Waals surface area contributed by atoms with E-state index in [9.17, 15) is 0 Å². The zero-order chi connectivity index (χ0) is 16.3. The minimum absolute atomic E-state index is 0.595. The summed E-state index contributed by atoms with van der Waals surface area (Å²) in [6.45, 7) is 4.61. The molecule has 0 radical (unpaired) electrons. The standard InChI is InChI=1S/C24H28/c1-16(2)9-17-3-5-19-13-22-15-24(14-18-4-6-23(24)11-18)8-7-20(22)12-21(19)10-17/h3-6,10,12-13,16,18,23H,7-9,11,14-15H2,1-2H3. The van der Waals surface area contributed by atoms with E-state index in [1.54, 1.807) is 11.1 Å². The van der Waals surface area contributed by atoms with E-state index in [4.69, 9.17) is 0 Å². The topological polar surface area (TPSA) is 0 Å². The SMILES string of the molecule is CC(C)Cc1ccc2cc3c(cc2c1)CCC1(C3)CC2C=CC1C2. The van der Waals surface area contributed by atoms with Gasteiger partial charge in [-0.15, -0.1) is 0 Å². The van der Waals surface area contributed by atoms with Crippen LogP contribution in [0.1, 0.15) is 49.8 Å². The molecule has 24 heavy (non-hydrogen) atoms. The van der Waals surface area contributed by atoms with Gasteiger partial charge in [-0.05, 0) is 89.2 Å². The third kappa shape index (κ3) is 2.26. The Labute approximate surface area is 146 Å². The number of rotatable bonds is 2. The molecular formula is C24H28. The summed E-state index contributed by atoms with van der Waals surface area (Å²) in [5, 5.41) is 2.90. The van der Waals surface area contributed by atoms with Gasteiger partial charge in [0.25, 0.3) is 0 Å². The van der Waals surface area contributed by atoms with Gasteiger partial charge in [0, 0.05) is 0 Å². The average Bonchev–Trinajstić information content (AvgIpc) is 3.13. The van der Waals surface area contributed by atoms with Crippen LogP contribution >= 0.6 is 0 Å². The smallest absolute Gasteiger partial charge is 0.0168 e. The Balaban J connectivity index is 1.51. The first-order valence-corrected chi connectivity index (χ1v) is 9.84. The molecule has 3 atom stereocenters. The highest BCUT2D eigenvalue weighted by Gasteiger charge is 2.49. The fraction of sp³-hybridized carbons (Fsp3) is 0.500. The lowest BCUT2D eigenvalue weighted by atomic mass is 9.64.